The normalized spacial score (nSPS) is 19.9. The van der Waals surface area contributed by atoms with Crippen LogP contribution in [0, 0.1) is 12.7 Å². The lowest BCUT2D eigenvalue weighted by atomic mass is 10.0. The van der Waals surface area contributed by atoms with E-state index < -0.39 is 30.2 Å². The Morgan fingerprint density at radius 1 is 1.25 bits per heavy atom. The number of fused-ring (bicyclic) bond motifs is 1. The second-order valence-electron chi connectivity index (χ2n) is 9.56. The molecular formula is C27H32FN5O6S. The van der Waals surface area contributed by atoms with E-state index in [9.17, 15) is 19.1 Å². The summed E-state index contributed by atoms with van der Waals surface area (Å²) in [6.07, 6.45) is 2.24. The number of hydrogen-bond acceptors (Lipinski definition) is 9. The van der Waals surface area contributed by atoms with Gasteiger partial charge < -0.3 is 29.5 Å². The predicted molar refractivity (Wildman–Crippen MR) is 145 cm³/mol. The minimum Gasteiger partial charge on any atom is -0.496 e. The first-order valence-electron chi connectivity index (χ1n) is 13.0. The number of piperidine rings is 1. The van der Waals surface area contributed by atoms with Crippen LogP contribution in [0.5, 0.6) is 5.75 Å². The van der Waals surface area contributed by atoms with Gasteiger partial charge in [-0.1, -0.05) is 11.3 Å². The maximum atomic E-state index is 14.4. The van der Waals surface area contributed by atoms with Crippen LogP contribution in [0.25, 0.3) is 5.00 Å². The molecule has 13 heteroatoms. The Balaban J connectivity index is 1.61. The predicted octanol–water partition coefficient (Wildman–Crippen LogP) is 2.61. The summed E-state index contributed by atoms with van der Waals surface area (Å²) in [6.45, 7) is 2.83. The van der Waals surface area contributed by atoms with Crippen LogP contribution in [-0.2, 0) is 14.3 Å². The molecule has 4 heterocycles. The molecule has 40 heavy (non-hydrogen) atoms. The maximum Gasteiger partial charge on any atom is 0.261 e. The molecule has 1 aromatic carbocycles. The van der Waals surface area contributed by atoms with Crippen molar-refractivity contribution in [3.8, 4) is 10.8 Å². The van der Waals surface area contributed by atoms with Gasteiger partial charge in [0.25, 0.3) is 5.91 Å². The fourth-order valence-corrected chi connectivity index (χ4v) is 6.46. The molecule has 214 valence electrons. The Bertz CT molecular complexity index is 1370. The second kappa shape index (κ2) is 11.9. The zero-order valence-corrected chi connectivity index (χ0v) is 23.3. The van der Waals surface area contributed by atoms with Crippen LogP contribution in [0.1, 0.15) is 40.4 Å². The first kappa shape index (κ1) is 28.0. The number of aromatic nitrogens is 2. The van der Waals surface area contributed by atoms with E-state index in [1.807, 2.05) is 6.92 Å². The number of aliphatic hydroxyl groups excluding tert-OH is 1. The van der Waals surface area contributed by atoms with E-state index in [0.717, 1.165) is 0 Å². The first-order valence-corrected chi connectivity index (χ1v) is 13.8. The molecule has 11 nitrogen and oxygen atoms in total. The molecule has 1 fully saturated rings. The largest absolute Gasteiger partial charge is 0.496 e. The zero-order chi connectivity index (χ0) is 28.4. The Morgan fingerprint density at radius 3 is 2.77 bits per heavy atom. The number of rotatable bonds is 10. The minimum atomic E-state index is -1.48. The quantitative estimate of drug-likeness (QED) is 0.356. The van der Waals surface area contributed by atoms with E-state index in [1.54, 1.807) is 35.2 Å². The number of ether oxygens (including phenoxy) is 3. The molecule has 5 rings (SSSR count). The van der Waals surface area contributed by atoms with Gasteiger partial charge in [-0.05, 0) is 44.0 Å². The van der Waals surface area contributed by atoms with Crippen molar-refractivity contribution in [1.29, 1.82) is 0 Å². The van der Waals surface area contributed by atoms with Crippen molar-refractivity contribution in [3.63, 3.8) is 0 Å². The van der Waals surface area contributed by atoms with Gasteiger partial charge in [-0.25, -0.2) is 9.07 Å². The molecule has 3 atom stereocenters. The maximum absolute atomic E-state index is 14.4. The molecule has 1 saturated heterocycles. The number of amides is 2. The number of hydrogen-bond donors (Lipinski definition) is 2. The molecule has 2 N–H and O–H groups in total. The van der Waals surface area contributed by atoms with Crippen molar-refractivity contribution >= 4 is 28.2 Å². The number of carbonyl (C=O) groups is 2. The molecule has 2 aliphatic heterocycles. The molecule has 2 aliphatic rings. The third-order valence-corrected chi connectivity index (χ3v) is 8.47. The van der Waals surface area contributed by atoms with Gasteiger partial charge in [-0.2, -0.15) is 5.10 Å². The Morgan fingerprint density at radius 2 is 2.08 bits per heavy atom. The number of anilines is 1. The van der Waals surface area contributed by atoms with Crippen molar-refractivity contribution in [1.82, 2.24) is 20.0 Å². The summed E-state index contributed by atoms with van der Waals surface area (Å²) in [5, 5.41) is 20.1. The molecule has 0 radical (unpaired) electrons. The molecule has 1 unspecified atom stereocenters. The first-order chi connectivity index (χ1) is 19.3. The number of carbonyl (C=O) groups excluding carboxylic acids is 2. The standard InChI is InChI=1S/C27H32FN5O6S/c1-16-22-24(35)33(19-6-4-9-29-23(19)34)27(36)31(26(22)40-25(16)32-11-5-10-30-32)15-21(39-13-12-37-2)18-14-17(28)7-8-20(18)38-3/h5,7-8,10-11,14,19,21,27,36H,4,6,9,12-13,15H2,1-3H3,(H,29,34)/t19-,21+,27?/m1/s1. The highest BCUT2D eigenvalue weighted by Gasteiger charge is 2.46. The number of nitrogens with one attached hydrogen (secondary N) is 1. The molecule has 2 aromatic heterocycles. The molecular weight excluding hydrogens is 541 g/mol. The fraction of sp³-hybridized carbons (Fsp3) is 0.444. The van der Waals surface area contributed by atoms with Crippen LogP contribution in [0.3, 0.4) is 0 Å². The van der Waals surface area contributed by atoms with Crippen LogP contribution in [0.2, 0.25) is 0 Å². The lowest BCUT2D eigenvalue weighted by Crippen LogP contribution is -2.63. The van der Waals surface area contributed by atoms with Crippen LogP contribution >= 0.6 is 11.3 Å². The van der Waals surface area contributed by atoms with Crippen LogP contribution in [-0.4, -0.2) is 84.5 Å². The van der Waals surface area contributed by atoms with E-state index in [2.05, 4.69) is 10.4 Å². The number of thiophene rings is 1. The van der Waals surface area contributed by atoms with Crippen molar-refractivity contribution in [2.75, 3.05) is 45.4 Å². The molecule has 2 amide bonds. The molecule has 3 aromatic rings. The summed E-state index contributed by atoms with van der Waals surface area (Å²) in [4.78, 5) is 29.7. The molecule has 0 saturated carbocycles. The summed E-state index contributed by atoms with van der Waals surface area (Å²) >= 11 is 1.30. The van der Waals surface area contributed by atoms with Gasteiger partial charge in [-0.15, -0.1) is 0 Å². The molecule has 0 bridgehead atoms. The monoisotopic (exact) mass is 573 g/mol. The van der Waals surface area contributed by atoms with Crippen molar-refractivity contribution in [3.05, 3.63) is 59.2 Å². The number of methoxy groups -OCH3 is 2. The molecule has 0 spiro atoms. The third-order valence-electron chi connectivity index (χ3n) is 7.15. The van der Waals surface area contributed by atoms with Gasteiger partial charge >= 0.3 is 0 Å². The number of aliphatic hydroxyl groups is 1. The van der Waals surface area contributed by atoms with E-state index in [-0.39, 0.29) is 25.7 Å². The number of benzene rings is 1. The van der Waals surface area contributed by atoms with Gasteiger partial charge in [0.15, 0.2) is 0 Å². The minimum absolute atomic E-state index is 0.0221. The summed E-state index contributed by atoms with van der Waals surface area (Å²) in [7, 11) is 3.03. The van der Waals surface area contributed by atoms with Crippen LogP contribution in [0.4, 0.5) is 9.39 Å². The van der Waals surface area contributed by atoms with E-state index in [4.69, 9.17) is 14.2 Å². The summed E-state index contributed by atoms with van der Waals surface area (Å²) < 4.78 is 32.9. The highest BCUT2D eigenvalue weighted by atomic mass is 32.1. The van der Waals surface area contributed by atoms with Gasteiger partial charge in [0.2, 0.25) is 12.3 Å². The summed E-state index contributed by atoms with van der Waals surface area (Å²) in [6, 6.07) is 5.07. The zero-order valence-electron chi connectivity index (χ0n) is 22.5. The van der Waals surface area contributed by atoms with Gasteiger partial charge in [0.05, 0.1) is 32.4 Å². The van der Waals surface area contributed by atoms with Crippen molar-refractivity contribution in [2.45, 2.75) is 38.3 Å². The van der Waals surface area contributed by atoms with Crippen LogP contribution in [0.15, 0.2) is 36.7 Å². The van der Waals surface area contributed by atoms with E-state index in [0.29, 0.717) is 51.8 Å². The number of nitrogens with zero attached hydrogens (tertiary/aromatic N) is 4. The fourth-order valence-electron chi connectivity index (χ4n) is 5.19. The molecule has 0 aliphatic carbocycles. The Labute approximate surface area is 235 Å². The van der Waals surface area contributed by atoms with E-state index in [1.165, 1.54) is 41.5 Å². The highest BCUT2D eigenvalue weighted by Crippen LogP contribution is 2.45. The SMILES string of the molecule is COCCO[C@@H](CN1c2sc(-n3cccn3)c(C)c2C(=O)N([C@@H]2CCCNC2=O)C1O)c1cc(F)ccc1OC. The van der Waals surface area contributed by atoms with Gasteiger partial charge in [0.1, 0.15) is 33.7 Å². The topological polar surface area (TPSA) is 118 Å². The smallest absolute Gasteiger partial charge is 0.261 e. The van der Waals surface area contributed by atoms with E-state index >= 15 is 0 Å². The van der Waals surface area contributed by atoms with Crippen LogP contribution < -0.4 is 15.0 Å². The van der Waals surface area contributed by atoms with Gasteiger partial charge in [-0.3, -0.25) is 14.5 Å². The lowest BCUT2D eigenvalue weighted by molar-refractivity contribution is -0.131. The van der Waals surface area contributed by atoms with Crippen molar-refractivity contribution < 1.29 is 33.3 Å². The Hall–Kier alpha value is -3.52. The highest BCUT2D eigenvalue weighted by molar-refractivity contribution is 7.19. The summed E-state index contributed by atoms with van der Waals surface area (Å²) in [5.41, 5.74) is 1.49. The summed E-state index contributed by atoms with van der Waals surface area (Å²) in [5.74, 6) is -0.815. The Kier molecular flexibility index (Phi) is 8.35. The second-order valence-corrected chi connectivity index (χ2v) is 10.5. The average Bonchev–Trinajstić information content (AvgIpc) is 3.59. The lowest BCUT2D eigenvalue weighted by Gasteiger charge is -2.45. The number of halogens is 1. The third kappa shape index (κ3) is 5.17. The average molecular weight is 574 g/mol. The van der Waals surface area contributed by atoms with Gasteiger partial charge in [0, 0.05) is 37.2 Å². The van der Waals surface area contributed by atoms with Crippen molar-refractivity contribution in [2.24, 2.45) is 0 Å².